The lowest BCUT2D eigenvalue weighted by Gasteiger charge is -2.41. The highest BCUT2D eigenvalue weighted by Crippen LogP contribution is 2.53. The summed E-state index contributed by atoms with van der Waals surface area (Å²) in [6.45, 7) is 7.40. The smallest absolute Gasteiger partial charge is 0.309 e. The Balaban J connectivity index is 1.54. The average Bonchev–Trinajstić information content (AvgIpc) is 3.15. The predicted octanol–water partition coefficient (Wildman–Crippen LogP) is -1.06. The van der Waals surface area contributed by atoms with Crippen molar-refractivity contribution in [3.8, 4) is 0 Å². The van der Waals surface area contributed by atoms with E-state index in [1.807, 2.05) is 6.92 Å². The van der Waals surface area contributed by atoms with Crippen LogP contribution in [0.5, 0.6) is 0 Å². The summed E-state index contributed by atoms with van der Waals surface area (Å²) in [4.78, 5) is 12.2. The highest BCUT2D eigenvalue weighted by molar-refractivity contribution is 5.75. The third kappa shape index (κ3) is 3.40. The monoisotopic (exact) mass is 428 g/mol. The predicted molar refractivity (Wildman–Crippen MR) is 102 cm³/mol. The van der Waals surface area contributed by atoms with Gasteiger partial charge in [0.2, 0.25) is 0 Å². The van der Waals surface area contributed by atoms with Crippen molar-refractivity contribution in [2.45, 2.75) is 75.7 Å². The summed E-state index contributed by atoms with van der Waals surface area (Å²) in [6.07, 6.45) is -7.25. The normalized spacial score (nSPS) is 53.8. The van der Waals surface area contributed by atoms with Crippen molar-refractivity contribution in [2.24, 2.45) is 29.6 Å². The highest BCUT2D eigenvalue weighted by atomic mass is 16.7. The number of carbonyl (C=O) groups excluding carboxylic acids is 1. The first-order valence-corrected chi connectivity index (χ1v) is 10.7. The second-order valence-electron chi connectivity index (χ2n) is 9.35. The molecule has 0 spiro atoms. The van der Waals surface area contributed by atoms with Crippen molar-refractivity contribution < 1.29 is 44.5 Å². The molecule has 0 radical (unpaired) electrons. The fraction of sp³-hybridized carbons (Fsp3) is 0.857. The maximum absolute atomic E-state index is 12.2. The Morgan fingerprint density at radius 2 is 1.80 bits per heavy atom. The number of hydrogen-bond acceptors (Lipinski definition) is 9. The molecule has 2 aliphatic carbocycles. The summed E-state index contributed by atoms with van der Waals surface area (Å²) in [5, 5.41) is 50.4. The van der Waals surface area contributed by atoms with Crippen LogP contribution >= 0.6 is 0 Å². The third-order valence-electron chi connectivity index (χ3n) is 7.70. The van der Waals surface area contributed by atoms with Crippen LogP contribution in [0.2, 0.25) is 0 Å². The largest absolute Gasteiger partial charge is 0.461 e. The highest BCUT2D eigenvalue weighted by Gasteiger charge is 2.59. The first-order valence-electron chi connectivity index (χ1n) is 10.7. The molecule has 30 heavy (non-hydrogen) atoms. The molecule has 13 unspecified atom stereocenters. The molecule has 170 valence electrons. The minimum absolute atomic E-state index is 0.0300. The summed E-state index contributed by atoms with van der Waals surface area (Å²) in [5.41, 5.74) is 0.886. The van der Waals surface area contributed by atoms with Crippen LogP contribution in [0.4, 0.5) is 0 Å². The number of fused-ring (bicyclic) bond motifs is 3. The lowest BCUT2D eigenvalue weighted by molar-refractivity contribution is -0.313. The standard InChI is InChI=1S/C21H32O9/c1-7-4-11(23)15-9(3)20(27)30-19(15)14-8(2)12(5-10(7)14)28-21-18(26)17(25)16(24)13(6-22)29-21/h8-19,21-26H,1,4-6H2,2-3H3. The maximum Gasteiger partial charge on any atom is 0.309 e. The van der Waals surface area contributed by atoms with Crippen molar-refractivity contribution >= 4 is 5.97 Å². The molecule has 0 amide bonds. The molecule has 2 saturated carbocycles. The van der Waals surface area contributed by atoms with Gasteiger partial charge in [-0.3, -0.25) is 4.79 Å². The second kappa shape index (κ2) is 8.12. The van der Waals surface area contributed by atoms with E-state index in [9.17, 15) is 30.3 Å². The van der Waals surface area contributed by atoms with Gasteiger partial charge in [-0.2, -0.15) is 0 Å². The molecule has 0 aromatic carbocycles. The van der Waals surface area contributed by atoms with Gasteiger partial charge in [-0.1, -0.05) is 26.0 Å². The maximum atomic E-state index is 12.2. The summed E-state index contributed by atoms with van der Waals surface area (Å²) in [7, 11) is 0. The summed E-state index contributed by atoms with van der Waals surface area (Å²) >= 11 is 0. The SMILES string of the molecule is C=C1CC(O)C2C(C)C(=O)OC2C2C1CC(OC1OC(CO)C(O)C(O)C1O)C2C. The fourth-order valence-electron chi connectivity index (χ4n) is 5.94. The van der Waals surface area contributed by atoms with E-state index in [2.05, 4.69) is 6.58 Å². The molecule has 2 aliphatic heterocycles. The van der Waals surface area contributed by atoms with E-state index in [1.165, 1.54) is 0 Å². The Morgan fingerprint density at radius 3 is 2.47 bits per heavy atom. The van der Waals surface area contributed by atoms with Gasteiger partial charge >= 0.3 is 5.97 Å². The summed E-state index contributed by atoms with van der Waals surface area (Å²) in [5.74, 6) is -1.23. The van der Waals surface area contributed by atoms with Gasteiger partial charge in [-0.15, -0.1) is 0 Å². The first-order chi connectivity index (χ1) is 14.1. The Morgan fingerprint density at radius 1 is 1.10 bits per heavy atom. The van der Waals surface area contributed by atoms with E-state index in [4.69, 9.17) is 14.2 Å². The number of esters is 1. The topological polar surface area (TPSA) is 146 Å². The van der Waals surface area contributed by atoms with Crippen LogP contribution in [-0.2, 0) is 19.0 Å². The zero-order valence-electron chi connectivity index (χ0n) is 17.2. The first kappa shape index (κ1) is 22.1. The Labute approximate surface area is 175 Å². The zero-order chi connectivity index (χ0) is 21.9. The molecule has 4 rings (SSSR count). The van der Waals surface area contributed by atoms with Crippen LogP contribution in [0.25, 0.3) is 0 Å². The minimum Gasteiger partial charge on any atom is -0.461 e. The molecule has 9 heteroatoms. The molecular formula is C21H32O9. The van der Waals surface area contributed by atoms with Crippen LogP contribution in [0, 0.1) is 29.6 Å². The number of aliphatic hydroxyl groups excluding tert-OH is 5. The number of ether oxygens (including phenoxy) is 3. The molecule has 0 aromatic rings. The van der Waals surface area contributed by atoms with Crippen LogP contribution < -0.4 is 0 Å². The Hall–Kier alpha value is -1.07. The molecule has 0 bridgehead atoms. The fourth-order valence-corrected chi connectivity index (χ4v) is 5.94. The quantitative estimate of drug-likeness (QED) is 0.280. The van der Waals surface area contributed by atoms with E-state index in [0.717, 1.165) is 5.57 Å². The number of aliphatic hydroxyl groups is 5. The second-order valence-corrected chi connectivity index (χ2v) is 9.35. The molecule has 2 saturated heterocycles. The average molecular weight is 428 g/mol. The Kier molecular flexibility index (Phi) is 6.00. The van der Waals surface area contributed by atoms with E-state index in [0.29, 0.717) is 12.8 Å². The van der Waals surface area contributed by atoms with Crippen LogP contribution in [0.1, 0.15) is 26.7 Å². The lowest BCUT2D eigenvalue weighted by atomic mass is 9.77. The van der Waals surface area contributed by atoms with Gasteiger partial charge in [0.15, 0.2) is 6.29 Å². The van der Waals surface area contributed by atoms with Gasteiger partial charge < -0.3 is 39.7 Å². The zero-order valence-corrected chi connectivity index (χ0v) is 17.2. The number of rotatable bonds is 3. The van der Waals surface area contributed by atoms with Gasteiger partial charge in [-0.25, -0.2) is 0 Å². The third-order valence-corrected chi connectivity index (χ3v) is 7.70. The van der Waals surface area contributed by atoms with E-state index in [-0.39, 0.29) is 35.7 Å². The van der Waals surface area contributed by atoms with Gasteiger partial charge in [-0.05, 0) is 24.7 Å². The van der Waals surface area contributed by atoms with E-state index in [1.54, 1.807) is 6.92 Å². The lowest BCUT2D eigenvalue weighted by Crippen LogP contribution is -2.59. The minimum atomic E-state index is -1.51. The van der Waals surface area contributed by atoms with Crippen molar-refractivity contribution in [2.75, 3.05) is 6.61 Å². The van der Waals surface area contributed by atoms with Crippen molar-refractivity contribution in [3.63, 3.8) is 0 Å². The van der Waals surface area contributed by atoms with E-state index < -0.39 is 55.4 Å². The van der Waals surface area contributed by atoms with Crippen LogP contribution in [0.15, 0.2) is 12.2 Å². The summed E-state index contributed by atoms with van der Waals surface area (Å²) in [6, 6.07) is 0. The molecule has 9 nitrogen and oxygen atoms in total. The van der Waals surface area contributed by atoms with Crippen LogP contribution in [-0.4, -0.2) is 87.1 Å². The molecular weight excluding hydrogens is 396 g/mol. The number of carbonyl (C=O) groups is 1. The molecule has 4 aliphatic rings. The molecule has 13 atom stereocenters. The van der Waals surface area contributed by atoms with Crippen molar-refractivity contribution in [1.29, 1.82) is 0 Å². The summed E-state index contributed by atoms with van der Waals surface area (Å²) < 4.78 is 17.2. The van der Waals surface area contributed by atoms with Gasteiger partial charge in [0.05, 0.1) is 24.7 Å². The number of hydrogen-bond donors (Lipinski definition) is 5. The van der Waals surface area contributed by atoms with Crippen molar-refractivity contribution in [1.82, 2.24) is 0 Å². The van der Waals surface area contributed by atoms with Crippen molar-refractivity contribution in [3.05, 3.63) is 12.2 Å². The Bertz CT molecular complexity index is 681. The van der Waals surface area contributed by atoms with Gasteiger partial charge in [0, 0.05) is 11.8 Å². The molecule has 5 N–H and O–H groups in total. The van der Waals surface area contributed by atoms with Gasteiger partial charge in [0.25, 0.3) is 0 Å². The molecule has 4 fully saturated rings. The van der Waals surface area contributed by atoms with Gasteiger partial charge in [0.1, 0.15) is 30.5 Å². The van der Waals surface area contributed by atoms with E-state index >= 15 is 0 Å². The molecule has 2 heterocycles. The van der Waals surface area contributed by atoms with Crippen LogP contribution in [0.3, 0.4) is 0 Å². The molecule has 0 aromatic heterocycles.